The molecule has 4 aliphatic rings. The lowest BCUT2D eigenvalue weighted by Gasteiger charge is -2.60. The van der Waals surface area contributed by atoms with Crippen molar-refractivity contribution in [2.45, 2.75) is 103 Å². The van der Waals surface area contributed by atoms with E-state index in [-0.39, 0.29) is 11.3 Å². The molecule has 1 aliphatic heterocycles. The first-order valence-corrected chi connectivity index (χ1v) is 14.9. The molecule has 0 aromatic carbocycles. The number of nitrogens with one attached hydrogen (secondary N) is 1. The van der Waals surface area contributed by atoms with Crippen LogP contribution < -0.4 is 5.32 Å². The Morgan fingerprint density at radius 1 is 1.09 bits per heavy atom. The van der Waals surface area contributed by atoms with Crippen LogP contribution in [0, 0.1) is 28.6 Å². The summed E-state index contributed by atoms with van der Waals surface area (Å²) in [5.74, 6) is 3.08. The van der Waals surface area contributed by atoms with Crippen molar-refractivity contribution in [3.8, 4) is 0 Å². The Labute approximate surface area is 211 Å². The smallest absolute Gasteiger partial charge is 0.246 e. The largest absolute Gasteiger partial charge is 0.362 e. The van der Waals surface area contributed by atoms with Gasteiger partial charge in [0.1, 0.15) is 0 Å². The lowest BCUT2D eigenvalue weighted by Crippen LogP contribution is -2.59. The first kappa shape index (κ1) is 24.3. The average Bonchev–Trinajstić information content (AvgIpc) is 3.42. The second-order valence-corrected chi connectivity index (χ2v) is 13.1. The molecule has 1 N–H and O–H groups in total. The Morgan fingerprint density at radius 2 is 1.91 bits per heavy atom. The highest BCUT2D eigenvalue weighted by atomic mass is 32.1. The van der Waals surface area contributed by atoms with Crippen molar-refractivity contribution in [3.63, 3.8) is 0 Å². The third kappa shape index (κ3) is 4.04. The van der Waals surface area contributed by atoms with Crippen molar-refractivity contribution in [1.29, 1.82) is 0 Å². The maximum Gasteiger partial charge on any atom is 0.246 e. The van der Waals surface area contributed by atoms with Gasteiger partial charge in [0.15, 0.2) is 5.13 Å². The first-order valence-electron chi connectivity index (χ1n) is 14.0. The van der Waals surface area contributed by atoms with Gasteiger partial charge in [-0.2, -0.15) is 0 Å². The minimum absolute atomic E-state index is 0.139. The van der Waals surface area contributed by atoms with Gasteiger partial charge in [0.05, 0.1) is 5.69 Å². The van der Waals surface area contributed by atoms with E-state index in [0.29, 0.717) is 23.3 Å². The van der Waals surface area contributed by atoms with Gasteiger partial charge in [-0.3, -0.25) is 4.79 Å². The fourth-order valence-corrected chi connectivity index (χ4v) is 9.47. The SMILES string of the molecule is CCCCCCCNc1nc(C2CC[C@H]3[C@@H]4CCC5N(C)C(=O)C=C[C@]5(C)[C@@H]4CC[C@]23C)cs1. The Kier molecular flexibility index (Phi) is 6.87. The van der Waals surface area contributed by atoms with Gasteiger partial charge in [-0.15, -0.1) is 11.3 Å². The molecule has 1 aromatic heterocycles. The van der Waals surface area contributed by atoms with Crippen LogP contribution in [-0.2, 0) is 4.79 Å². The zero-order valence-corrected chi connectivity index (χ0v) is 22.6. The number of hydrogen-bond donors (Lipinski definition) is 1. The van der Waals surface area contributed by atoms with E-state index in [2.05, 4.69) is 37.5 Å². The molecule has 0 saturated heterocycles. The molecule has 34 heavy (non-hydrogen) atoms. The van der Waals surface area contributed by atoms with Crippen LogP contribution in [0.25, 0.3) is 0 Å². The van der Waals surface area contributed by atoms with Crippen LogP contribution in [0.2, 0.25) is 0 Å². The molecule has 2 unspecified atom stereocenters. The lowest BCUT2D eigenvalue weighted by atomic mass is 9.47. The van der Waals surface area contributed by atoms with Crippen LogP contribution in [0.1, 0.15) is 103 Å². The van der Waals surface area contributed by atoms with Crippen LogP contribution in [0.15, 0.2) is 17.5 Å². The van der Waals surface area contributed by atoms with Gasteiger partial charge in [-0.05, 0) is 74.2 Å². The minimum atomic E-state index is 0.139. The van der Waals surface area contributed by atoms with Crippen LogP contribution in [0.5, 0.6) is 0 Å². The lowest BCUT2D eigenvalue weighted by molar-refractivity contribution is -0.138. The number of likely N-dealkylation sites (N-methyl/N-ethyl adjacent to an activating group) is 1. The molecule has 3 saturated carbocycles. The normalized spacial score (nSPS) is 39.0. The summed E-state index contributed by atoms with van der Waals surface area (Å²) in [6, 6.07) is 0.377. The molecule has 1 aromatic rings. The molecule has 1 amide bonds. The van der Waals surface area contributed by atoms with Crippen molar-refractivity contribution in [2.24, 2.45) is 28.6 Å². The fraction of sp³-hybridized carbons (Fsp3) is 0.793. The van der Waals surface area contributed by atoms with Gasteiger partial charge in [0.25, 0.3) is 0 Å². The topological polar surface area (TPSA) is 45.2 Å². The molecule has 188 valence electrons. The molecule has 0 radical (unpaired) electrons. The highest BCUT2D eigenvalue weighted by Crippen LogP contribution is 2.67. The highest BCUT2D eigenvalue weighted by molar-refractivity contribution is 7.13. The van der Waals surface area contributed by atoms with Crippen molar-refractivity contribution >= 4 is 22.4 Å². The summed E-state index contributed by atoms with van der Waals surface area (Å²) in [6.07, 6.45) is 18.4. The van der Waals surface area contributed by atoms with E-state index in [1.54, 1.807) is 0 Å². The summed E-state index contributed by atoms with van der Waals surface area (Å²) >= 11 is 1.81. The predicted octanol–water partition coefficient (Wildman–Crippen LogP) is 7.25. The van der Waals surface area contributed by atoms with Gasteiger partial charge in [0.2, 0.25) is 5.91 Å². The molecule has 0 spiro atoms. The van der Waals surface area contributed by atoms with Crippen LogP contribution in [0.3, 0.4) is 0 Å². The van der Waals surface area contributed by atoms with E-state index >= 15 is 0 Å². The second kappa shape index (κ2) is 9.59. The number of carbonyl (C=O) groups excluding carboxylic acids is 1. The van der Waals surface area contributed by atoms with E-state index in [4.69, 9.17) is 4.98 Å². The maximum atomic E-state index is 12.3. The van der Waals surface area contributed by atoms with Gasteiger partial charge < -0.3 is 10.2 Å². The predicted molar refractivity (Wildman–Crippen MR) is 142 cm³/mol. The Morgan fingerprint density at radius 3 is 2.74 bits per heavy atom. The number of nitrogens with zero attached hydrogens (tertiary/aromatic N) is 2. The Bertz CT molecular complexity index is 911. The van der Waals surface area contributed by atoms with E-state index in [9.17, 15) is 4.79 Å². The number of thiazole rings is 1. The molecule has 5 heteroatoms. The van der Waals surface area contributed by atoms with Crippen molar-refractivity contribution < 1.29 is 4.79 Å². The van der Waals surface area contributed by atoms with Crippen LogP contribution in [0.4, 0.5) is 5.13 Å². The summed E-state index contributed by atoms with van der Waals surface area (Å²) in [6.45, 7) is 8.36. The van der Waals surface area contributed by atoms with E-state index in [1.807, 2.05) is 29.4 Å². The number of fused-ring (bicyclic) bond motifs is 5. The van der Waals surface area contributed by atoms with Gasteiger partial charge in [0, 0.05) is 36.3 Å². The quantitative estimate of drug-likeness (QED) is 0.396. The molecule has 4 nitrogen and oxygen atoms in total. The van der Waals surface area contributed by atoms with Crippen molar-refractivity contribution in [1.82, 2.24) is 9.88 Å². The molecule has 7 atom stereocenters. The Balaban J connectivity index is 1.26. The zero-order valence-electron chi connectivity index (χ0n) is 21.8. The number of unbranched alkanes of at least 4 members (excludes halogenated alkanes) is 4. The number of hydrogen-bond acceptors (Lipinski definition) is 4. The first-order chi connectivity index (χ1) is 16.4. The number of amides is 1. The summed E-state index contributed by atoms with van der Waals surface area (Å²) in [7, 11) is 2.02. The fourth-order valence-electron chi connectivity index (χ4n) is 8.68. The molecule has 0 bridgehead atoms. The molecule has 3 fully saturated rings. The van der Waals surface area contributed by atoms with E-state index in [0.717, 1.165) is 29.9 Å². The number of rotatable bonds is 8. The number of aromatic nitrogens is 1. The monoisotopic (exact) mass is 483 g/mol. The third-order valence-corrected chi connectivity index (χ3v) is 11.4. The highest BCUT2D eigenvalue weighted by Gasteiger charge is 2.60. The zero-order chi connectivity index (χ0) is 23.9. The van der Waals surface area contributed by atoms with Crippen molar-refractivity contribution in [3.05, 3.63) is 23.2 Å². The molecule has 2 heterocycles. The van der Waals surface area contributed by atoms with Crippen LogP contribution >= 0.6 is 11.3 Å². The van der Waals surface area contributed by atoms with E-state index in [1.165, 1.54) is 69.9 Å². The molecular formula is C29H45N3OS. The van der Waals surface area contributed by atoms with Gasteiger partial charge in [-0.1, -0.05) is 52.5 Å². The summed E-state index contributed by atoms with van der Waals surface area (Å²) in [5, 5.41) is 7.08. The Hall–Kier alpha value is -1.36. The molecule has 3 aliphatic carbocycles. The van der Waals surface area contributed by atoms with E-state index < -0.39 is 0 Å². The van der Waals surface area contributed by atoms with Gasteiger partial charge in [-0.25, -0.2) is 4.98 Å². The second-order valence-electron chi connectivity index (χ2n) is 12.2. The number of anilines is 1. The van der Waals surface area contributed by atoms with Crippen LogP contribution in [-0.4, -0.2) is 35.4 Å². The van der Waals surface area contributed by atoms with Crippen molar-refractivity contribution in [2.75, 3.05) is 18.9 Å². The number of carbonyl (C=O) groups is 1. The minimum Gasteiger partial charge on any atom is -0.362 e. The summed E-state index contributed by atoms with van der Waals surface area (Å²) in [5.41, 5.74) is 1.86. The third-order valence-electron chi connectivity index (χ3n) is 10.6. The summed E-state index contributed by atoms with van der Waals surface area (Å²) < 4.78 is 0. The maximum absolute atomic E-state index is 12.3. The average molecular weight is 484 g/mol. The standard InChI is InChI=1S/C29H45N3OS/c1-5-6-7-8-9-18-30-27-31-24(19-34-27)23-12-11-21-20-10-13-25-29(3,17-15-26(33)32(25)4)22(20)14-16-28(21,23)2/h15,17,19-23,25H,5-14,16,18H2,1-4H3,(H,30,31)/t20-,21-,22+,23?,25?,28-,29+/m0/s1. The van der Waals surface area contributed by atoms with Gasteiger partial charge >= 0.3 is 0 Å². The molecule has 5 rings (SSSR count). The summed E-state index contributed by atoms with van der Waals surface area (Å²) in [4.78, 5) is 19.5. The molecular weight excluding hydrogens is 438 g/mol.